The number of nitrogens with one attached hydrogen (secondary N) is 6. The number of carbonyl (C=O) groups excluding carboxylic acids is 3. The predicted octanol–water partition coefficient (Wildman–Crippen LogP) is 0.554. The lowest BCUT2D eigenvalue weighted by atomic mass is 10.00. The molecule has 3 aromatic heterocycles. The Morgan fingerprint density at radius 1 is 0.814 bits per heavy atom. The second-order valence-electron chi connectivity index (χ2n) is 10.9. The Morgan fingerprint density at radius 3 is 2.05 bits per heavy atom. The Morgan fingerprint density at radius 2 is 1.42 bits per heavy atom. The Kier molecular flexibility index (Phi) is 10.3. The Hall–Kier alpha value is -4.98. The van der Waals surface area contributed by atoms with Crippen LogP contribution in [0.25, 0.3) is 10.9 Å². The highest BCUT2D eigenvalue weighted by Gasteiger charge is 2.31. The summed E-state index contributed by atoms with van der Waals surface area (Å²) in [6.45, 7) is 3.76. The van der Waals surface area contributed by atoms with Crippen molar-refractivity contribution >= 4 is 34.6 Å². The lowest BCUT2D eigenvalue weighted by molar-refractivity contribution is -0.142. The number of para-hydroxylation sites is 1. The van der Waals surface area contributed by atoms with Crippen LogP contribution in [-0.4, -0.2) is 77.9 Å². The molecular weight excluding hydrogens is 554 g/mol. The summed E-state index contributed by atoms with van der Waals surface area (Å²) < 4.78 is 0. The van der Waals surface area contributed by atoms with Gasteiger partial charge >= 0.3 is 5.97 Å². The third kappa shape index (κ3) is 8.52. The number of carboxylic acids is 1. The number of nitrogens with two attached hydrogens (primary N) is 1. The highest BCUT2D eigenvalue weighted by atomic mass is 16.4. The van der Waals surface area contributed by atoms with Crippen molar-refractivity contribution in [3.05, 3.63) is 72.5 Å². The van der Waals surface area contributed by atoms with Gasteiger partial charge in [0.05, 0.1) is 18.7 Å². The molecule has 0 aliphatic heterocycles. The smallest absolute Gasteiger partial charge is 0.326 e. The van der Waals surface area contributed by atoms with Gasteiger partial charge in [-0.25, -0.2) is 14.8 Å². The summed E-state index contributed by atoms with van der Waals surface area (Å²) >= 11 is 0. The van der Waals surface area contributed by atoms with E-state index in [1.54, 1.807) is 12.4 Å². The van der Waals surface area contributed by atoms with Crippen LogP contribution in [0.4, 0.5) is 0 Å². The number of nitrogens with zero attached hydrogens (tertiary/aromatic N) is 2. The molecule has 0 saturated heterocycles. The van der Waals surface area contributed by atoms with Crippen LogP contribution in [0.3, 0.4) is 0 Å². The van der Waals surface area contributed by atoms with Crippen LogP contribution in [0.5, 0.6) is 0 Å². The van der Waals surface area contributed by atoms with E-state index in [4.69, 9.17) is 5.73 Å². The second kappa shape index (κ2) is 14.3. The maximum absolute atomic E-state index is 13.8. The average Bonchev–Trinajstić information content (AvgIpc) is 3.75. The molecule has 0 aliphatic rings. The predicted molar refractivity (Wildman–Crippen MR) is 157 cm³/mol. The molecule has 3 heterocycles. The second-order valence-corrected chi connectivity index (χ2v) is 10.9. The number of aliphatic carboxylic acids is 1. The van der Waals surface area contributed by atoms with Crippen LogP contribution >= 0.6 is 0 Å². The molecule has 4 atom stereocenters. The van der Waals surface area contributed by atoms with Gasteiger partial charge in [0.15, 0.2) is 0 Å². The van der Waals surface area contributed by atoms with E-state index < -0.39 is 47.9 Å². The van der Waals surface area contributed by atoms with E-state index in [-0.39, 0.29) is 31.6 Å². The lowest BCUT2D eigenvalue weighted by Gasteiger charge is -2.26. The first-order valence-electron chi connectivity index (χ1n) is 14.0. The van der Waals surface area contributed by atoms with Crippen molar-refractivity contribution in [1.29, 1.82) is 0 Å². The number of carboxylic acid groups (broad SMARTS) is 1. The van der Waals surface area contributed by atoms with E-state index in [2.05, 4.69) is 40.9 Å². The average molecular weight is 592 g/mol. The normalized spacial score (nSPS) is 14.1. The Bertz CT molecular complexity index is 1510. The van der Waals surface area contributed by atoms with E-state index in [9.17, 15) is 24.3 Å². The van der Waals surface area contributed by atoms with E-state index >= 15 is 0 Å². The molecule has 0 saturated carbocycles. The van der Waals surface area contributed by atoms with Crippen LogP contribution < -0.4 is 21.7 Å². The number of hydrogen-bond donors (Lipinski definition) is 8. The SMILES string of the molecule is CC(C)CC(NC(=O)C(Cc1c[nH]c2ccccc12)NC(=O)C(N)Cc1cnc[nH]1)C(=O)NC(Cc1cnc[nH]1)C(=O)O. The topological polar surface area (TPSA) is 224 Å². The molecule has 0 spiro atoms. The van der Waals surface area contributed by atoms with E-state index in [1.165, 1.54) is 18.9 Å². The maximum Gasteiger partial charge on any atom is 0.326 e. The molecule has 0 bridgehead atoms. The molecule has 0 aliphatic carbocycles. The summed E-state index contributed by atoms with van der Waals surface area (Å²) in [4.78, 5) is 68.9. The van der Waals surface area contributed by atoms with Gasteiger partial charge in [-0.05, 0) is 24.0 Å². The minimum atomic E-state index is -1.25. The molecule has 14 nitrogen and oxygen atoms in total. The van der Waals surface area contributed by atoms with Gasteiger partial charge < -0.3 is 41.7 Å². The molecule has 1 aromatic carbocycles. The molecule has 4 unspecified atom stereocenters. The number of fused-ring (bicyclic) bond motifs is 1. The van der Waals surface area contributed by atoms with Crippen molar-refractivity contribution in [3.63, 3.8) is 0 Å². The number of amides is 3. The number of aromatic nitrogens is 5. The summed E-state index contributed by atoms with van der Waals surface area (Å²) in [6, 6.07) is 3.21. The maximum atomic E-state index is 13.8. The Labute approximate surface area is 247 Å². The van der Waals surface area contributed by atoms with Crippen molar-refractivity contribution in [2.45, 2.75) is 63.7 Å². The fourth-order valence-corrected chi connectivity index (χ4v) is 4.80. The van der Waals surface area contributed by atoms with E-state index in [0.717, 1.165) is 16.5 Å². The first kappa shape index (κ1) is 31.0. The zero-order valence-electron chi connectivity index (χ0n) is 24.0. The van der Waals surface area contributed by atoms with Crippen molar-refractivity contribution in [2.24, 2.45) is 11.7 Å². The van der Waals surface area contributed by atoms with Gasteiger partial charge in [0, 0.05) is 60.1 Å². The first-order valence-corrected chi connectivity index (χ1v) is 14.0. The number of H-pyrrole nitrogens is 3. The highest BCUT2D eigenvalue weighted by Crippen LogP contribution is 2.19. The number of aromatic amines is 3. The van der Waals surface area contributed by atoms with Gasteiger partial charge in [-0.2, -0.15) is 0 Å². The van der Waals surface area contributed by atoms with Gasteiger partial charge in [0.2, 0.25) is 17.7 Å². The zero-order chi connectivity index (χ0) is 30.9. The molecule has 0 radical (unpaired) electrons. The van der Waals surface area contributed by atoms with Crippen molar-refractivity contribution in [1.82, 2.24) is 40.9 Å². The van der Waals surface area contributed by atoms with Gasteiger partial charge in [0.1, 0.15) is 18.1 Å². The summed E-state index contributed by atoms with van der Waals surface area (Å²) in [7, 11) is 0. The summed E-state index contributed by atoms with van der Waals surface area (Å²) in [5.41, 5.74) is 9.00. The first-order chi connectivity index (χ1) is 20.6. The van der Waals surface area contributed by atoms with Crippen LogP contribution in [0.1, 0.15) is 37.2 Å². The molecule has 3 amide bonds. The molecule has 0 fully saturated rings. The summed E-state index contributed by atoms with van der Waals surface area (Å²) in [6.07, 6.45) is 8.23. The van der Waals surface area contributed by atoms with Gasteiger partial charge in [-0.3, -0.25) is 14.4 Å². The van der Waals surface area contributed by atoms with Gasteiger partial charge in [-0.15, -0.1) is 0 Å². The molecule has 4 aromatic rings. The molecular formula is C29H37N9O5. The van der Waals surface area contributed by atoms with Gasteiger partial charge in [0.25, 0.3) is 0 Å². The van der Waals surface area contributed by atoms with Crippen LogP contribution in [0.2, 0.25) is 0 Å². The number of imidazole rings is 2. The van der Waals surface area contributed by atoms with Crippen molar-refractivity contribution in [3.8, 4) is 0 Å². The lowest BCUT2D eigenvalue weighted by Crippen LogP contribution is -2.58. The molecule has 14 heteroatoms. The number of carbonyl (C=O) groups is 4. The van der Waals surface area contributed by atoms with Gasteiger partial charge in [-0.1, -0.05) is 32.0 Å². The molecule has 4 rings (SSSR count). The summed E-state index contributed by atoms with van der Waals surface area (Å²) in [5.74, 6) is -3.05. The quantitative estimate of drug-likeness (QED) is 0.0972. The minimum Gasteiger partial charge on any atom is -0.480 e. The monoisotopic (exact) mass is 591 g/mol. The molecule has 9 N–H and O–H groups in total. The Balaban J connectivity index is 1.53. The fraction of sp³-hybridized carbons (Fsp3) is 0.379. The molecule has 228 valence electrons. The van der Waals surface area contributed by atoms with Crippen molar-refractivity contribution in [2.75, 3.05) is 0 Å². The van der Waals surface area contributed by atoms with Crippen LogP contribution in [-0.2, 0) is 38.4 Å². The van der Waals surface area contributed by atoms with Crippen molar-refractivity contribution < 1.29 is 24.3 Å². The third-order valence-corrected chi connectivity index (χ3v) is 7.00. The number of hydrogen-bond acceptors (Lipinski definition) is 7. The zero-order valence-corrected chi connectivity index (χ0v) is 24.0. The molecule has 43 heavy (non-hydrogen) atoms. The van der Waals surface area contributed by atoms with Crippen LogP contribution in [0.15, 0.2) is 55.5 Å². The number of benzene rings is 1. The fourth-order valence-electron chi connectivity index (χ4n) is 4.80. The van der Waals surface area contributed by atoms with Crippen LogP contribution in [0, 0.1) is 5.92 Å². The minimum absolute atomic E-state index is 0.0170. The summed E-state index contributed by atoms with van der Waals surface area (Å²) in [5, 5.41) is 18.7. The largest absolute Gasteiger partial charge is 0.480 e. The standard InChI is InChI=1S/C29H37N9O5/c1-16(2)7-23(27(40)38-25(29(42)43)10-19-13-32-15-35-19)37-28(41)24(8-17-11-33-22-6-4-3-5-20(17)22)36-26(39)21(30)9-18-12-31-14-34-18/h3-6,11-16,21,23-25,33H,7-10,30H2,1-2H3,(H,31,34)(H,32,35)(H,36,39)(H,37,41)(H,38,40)(H,42,43). The van der Waals surface area contributed by atoms with E-state index in [1.807, 2.05) is 38.1 Å². The van der Waals surface area contributed by atoms with E-state index in [0.29, 0.717) is 11.4 Å². The third-order valence-electron chi connectivity index (χ3n) is 7.00. The number of rotatable bonds is 15. The highest BCUT2D eigenvalue weighted by molar-refractivity contribution is 5.95.